The van der Waals surface area contributed by atoms with Crippen LogP contribution in [0.2, 0.25) is 0 Å². The summed E-state index contributed by atoms with van der Waals surface area (Å²) in [6.45, 7) is 4.65. The number of phosphoric acid groups is 1. The van der Waals surface area contributed by atoms with Gasteiger partial charge in [-0.2, -0.15) is 0 Å². The van der Waals surface area contributed by atoms with E-state index in [9.17, 15) is 19.4 Å². The Morgan fingerprint density at radius 1 is 0.402 bits per heavy atom. The molecule has 87 heavy (non-hydrogen) atoms. The van der Waals surface area contributed by atoms with Crippen LogP contribution in [-0.4, -0.2) is 68.5 Å². The zero-order valence-electron chi connectivity index (χ0n) is 58.5. The highest BCUT2D eigenvalue weighted by Crippen LogP contribution is 2.38. The first-order valence-electron chi connectivity index (χ1n) is 37.8. The quantitative estimate of drug-likeness (QED) is 0.0272. The third kappa shape index (κ3) is 71.2. The molecule has 9 heteroatoms. The van der Waals surface area contributed by atoms with Crippen molar-refractivity contribution < 1.29 is 32.9 Å². The zero-order valence-corrected chi connectivity index (χ0v) is 59.4. The predicted molar refractivity (Wildman–Crippen MR) is 380 cm³/mol. The molecule has 0 aromatic rings. The van der Waals surface area contributed by atoms with Crippen LogP contribution in [0.3, 0.4) is 0 Å². The normalized spacial score (nSPS) is 14.0. The number of phosphoric ester groups is 1. The van der Waals surface area contributed by atoms with Gasteiger partial charge in [0, 0.05) is 6.42 Å². The number of hydrogen-bond donors (Lipinski definition) is 2. The van der Waals surface area contributed by atoms with Crippen molar-refractivity contribution in [2.24, 2.45) is 0 Å². The van der Waals surface area contributed by atoms with Crippen molar-refractivity contribution in [2.45, 2.75) is 379 Å². The largest absolute Gasteiger partial charge is 0.756 e. The molecular weight excluding hydrogens is 1090 g/mol. The molecule has 0 aliphatic carbocycles. The second-order valence-electron chi connectivity index (χ2n) is 27.0. The van der Waals surface area contributed by atoms with Gasteiger partial charge in [-0.1, -0.05) is 350 Å². The number of likely N-dealkylation sites (N-methyl/N-ethyl adjacent to an activating group) is 1. The van der Waals surface area contributed by atoms with Crippen LogP contribution >= 0.6 is 7.82 Å². The summed E-state index contributed by atoms with van der Waals surface area (Å²) in [5.41, 5.74) is 0. The lowest BCUT2D eigenvalue weighted by Gasteiger charge is -2.29. The number of hydrogen-bond acceptors (Lipinski definition) is 6. The lowest BCUT2D eigenvalue weighted by molar-refractivity contribution is -0.870. The first-order valence-corrected chi connectivity index (χ1v) is 39.3. The smallest absolute Gasteiger partial charge is 0.268 e. The zero-order chi connectivity index (χ0) is 63.4. The van der Waals surface area contributed by atoms with Gasteiger partial charge in [-0.05, 0) is 83.5 Å². The number of carbonyl (C=O) groups is 1. The van der Waals surface area contributed by atoms with Crippen molar-refractivity contribution in [3.05, 3.63) is 72.9 Å². The summed E-state index contributed by atoms with van der Waals surface area (Å²) < 4.78 is 23.5. The summed E-state index contributed by atoms with van der Waals surface area (Å²) in [6, 6.07) is -0.913. The van der Waals surface area contributed by atoms with Crippen molar-refractivity contribution in [3.8, 4) is 0 Å². The SMILES string of the molecule is CCCCCCC/C=C\C/C=C\C/C=C\CCCCCCCCCCCCCCCCCCCCCCCCC(=O)NC(COP(=O)([O-])OCC[N+](C)(C)C)C(O)/C=C/CC/C=C/CC/C=C/CCCCCCCCCCCCCCCCCCCC. The number of aliphatic hydroxyl groups excluding tert-OH is 1. The average Bonchev–Trinajstić information content (AvgIpc) is 3.70. The molecule has 3 unspecified atom stereocenters. The summed E-state index contributed by atoms with van der Waals surface area (Å²) in [4.78, 5) is 25.7. The van der Waals surface area contributed by atoms with Gasteiger partial charge in [-0.25, -0.2) is 0 Å². The topological polar surface area (TPSA) is 108 Å². The maximum absolute atomic E-state index is 13.1. The van der Waals surface area contributed by atoms with Crippen LogP contribution in [0.25, 0.3) is 0 Å². The molecule has 0 aromatic heterocycles. The summed E-state index contributed by atoms with van der Waals surface area (Å²) in [5, 5.41) is 14.0. The van der Waals surface area contributed by atoms with Gasteiger partial charge in [0.25, 0.3) is 7.82 Å². The Hall–Kier alpha value is -2.06. The van der Waals surface area contributed by atoms with Gasteiger partial charge in [-0.3, -0.25) is 9.36 Å². The lowest BCUT2D eigenvalue weighted by Crippen LogP contribution is -2.45. The number of allylic oxidation sites excluding steroid dienone is 11. The maximum atomic E-state index is 13.1. The molecule has 0 rings (SSSR count). The number of carbonyl (C=O) groups excluding carboxylic acids is 1. The number of nitrogens with zero attached hydrogens (tertiary/aromatic N) is 1. The molecular formula is C78H147N2O6P. The van der Waals surface area contributed by atoms with E-state index in [0.29, 0.717) is 17.4 Å². The van der Waals surface area contributed by atoms with Gasteiger partial charge in [0.2, 0.25) is 5.91 Å². The molecule has 0 saturated carbocycles. The highest BCUT2D eigenvalue weighted by atomic mass is 31.2. The Balaban J connectivity index is 4.04. The molecule has 8 nitrogen and oxygen atoms in total. The average molecular weight is 1240 g/mol. The fourth-order valence-electron chi connectivity index (χ4n) is 11.3. The van der Waals surface area contributed by atoms with Crippen LogP contribution < -0.4 is 10.2 Å². The molecule has 0 spiro atoms. The second kappa shape index (κ2) is 68.3. The fourth-order valence-corrected chi connectivity index (χ4v) is 12.0. The fraction of sp³-hybridized carbons (Fsp3) is 0.833. The summed E-state index contributed by atoms with van der Waals surface area (Å²) in [6.07, 6.45) is 96.3. The number of quaternary nitrogens is 1. The maximum Gasteiger partial charge on any atom is 0.268 e. The molecule has 2 N–H and O–H groups in total. The van der Waals surface area contributed by atoms with Gasteiger partial charge >= 0.3 is 0 Å². The summed E-state index contributed by atoms with van der Waals surface area (Å²) in [7, 11) is 1.25. The second-order valence-corrected chi connectivity index (χ2v) is 28.4. The van der Waals surface area contributed by atoms with Crippen molar-refractivity contribution in [3.63, 3.8) is 0 Å². The molecule has 3 atom stereocenters. The van der Waals surface area contributed by atoms with Crippen molar-refractivity contribution in [2.75, 3.05) is 40.9 Å². The third-order valence-corrected chi connectivity index (χ3v) is 18.1. The lowest BCUT2D eigenvalue weighted by atomic mass is 10.0. The molecule has 0 aliphatic rings. The van der Waals surface area contributed by atoms with Crippen molar-refractivity contribution >= 4 is 13.7 Å². The molecule has 0 heterocycles. The summed E-state index contributed by atoms with van der Waals surface area (Å²) >= 11 is 0. The summed E-state index contributed by atoms with van der Waals surface area (Å²) in [5.74, 6) is -0.206. The standard InChI is InChI=1S/C78H147N2O6P/c1-6-8-10-12-14-16-18-20-22-24-26-28-30-32-34-36-37-38-39-40-41-42-43-44-46-48-50-52-54-56-58-60-62-64-66-68-70-72-78(82)79-76(75-86-87(83,84)85-74-73-80(3,4)5)77(81)71-69-67-65-63-61-59-57-55-53-51-49-47-45-35-33-31-29-27-25-23-21-19-17-15-13-11-9-7-2/h18,20,24,26,30,32,53,55,61,63,69,71,76-77,81H,6-17,19,21-23,25,27-29,31,33-52,54,56-60,62,64-68,70,72-75H2,1-5H3,(H-,79,82,83,84)/b20-18-,26-24-,32-30-,55-53+,63-61+,71-69+. The Bertz CT molecular complexity index is 1650. The minimum absolute atomic E-state index is 0.00926. The number of aliphatic hydroxyl groups is 1. The Morgan fingerprint density at radius 2 is 0.678 bits per heavy atom. The predicted octanol–water partition coefficient (Wildman–Crippen LogP) is 23.9. The molecule has 510 valence electrons. The van der Waals surface area contributed by atoms with E-state index >= 15 is 0 Å². The van der Waals surface area contributed by atoms with Crippen LogP contribution in [0, 0.1) is 0 Å². The van der Waals surface area contributed by atoms with E-state index in [4.69, 9.17) is 9.05 Å². The minimum Gasteiger partial charge on any atom is -0.756 e. The molecule has 0 saturated heterocycles. The molecule has 1 amide bonds. The monoisotopic (exact) mass is 1240 g/mol. The molecule has 0 radical (unpaired) electrons. The van der Waals surface area contributed by atoms with E-state index in [1.54, 1.807) is 6.08 Å². The number of unbranched alkanes of at least 4 members (excludes halogenated alkanes) is 47. The van der Waals surface area contributed by atoms with E-state index in [-0.39, 0.29) is 12.5 Å². The van der Waals surface area contributed by atoms with Crippen LogP contribution in [0.5, 0.6) is 0 Å². The van der Waals surface area contributed by atoms with E-state index in [2.05, 4.69) is 79.9 Å². The van der Waals surface area contributed by atoms with Gasteiger partial charge < -0.3 is 28.8 Å². The number of nitrogens with one attached hydrogen (secondary N) is 1. The van der Waals surface area contributed by atoms with Gasteiger partial charge in [-0.15, -0.1) is 0 Å². The van der Waals surface area contributed by atoms with E-state index < -0.39 is 26.6 Å². The van der Waals surface area contributed by atoms with Crippen molar-refractivity contribution in [1.82, 2.24) is 5.32 Å². The molecule has 0 aromatic carbocycles. The van der Waals surface area contributed by atoms with Gasteiger partial charge in [0.05, 0.1) is 39.9 Å². The highest BCUT2D eigenvalue weighted by Gasteiger charge is 2.23. The first-order chi connectivity index (χ1) is 42.5. The Kier molecular flexibility index (Phi) is 66.7. The highest BCUT2D eigenvalue weighted by molar-refractivity contribution is 7.45. The molecule has 0 fully saturated rings. The third-order valence-electron chi connectivity index (χ3n) is 17.1. The Morgan fingerprint density at radius 3 is 1.01 bits per heavy atom. The van der Waals surface area contributed by atoms with Crippen LogP contribution in [-0.2, 0) is 18.4 Å². The molecule has 0 aliphatic heterocycles. The van der Waals surface area contributed by atoms with E-state index in [1.807, 2.05) is 27.2 Å². The molecule has 0 bridgehead atoms. The van der Waals surface area contributed by atoms with E-state index in [0.717, 1.165) is 57.8 Å². The minimum atomic E-state index is -4.62. The van der Waals surface area contributed by atoms with E-state index in [1.165, 1.54) is 289 Å². The first kappa shape index (κ1) is 84.9. The van der Waals surface area contributed by atoms with Gasteiger partial charge in [0.15, 0.2) is 0 Å². The van der Waals surface area contributed by atoms with Crippen molar-refractivity contribution in [1.29, 1.82) is 0 Å². The number of amides is 1. The van der Waals surface area contributed by atoms with Crippen LogP contribution in [0.15, 0.2) is 72.9 Å². The number of rotatable bonds is 70. The van der Waals surface area contributed by atoms with Gasteiger partial charge in [0.1, 0.15) is 13.2 Å². The van der Waals surface area contributed by atoms with Crippen LogP contribution in [0.4, 0.5) is 0 Å². The van der Waals surface area contributed by atoms with Crippen LogP contribution in [0.1, 0.15) is 367 Å². The Labute approximate surface area is 542 Å².